The maximum absolute atomic E-state index is 11.4. The van der Waals surface area contributed by atoms with Gasteiger partial charge in [0.05, 0.1) is 29.0 Å². The molecule has 6 nitrogen and oxygen atoms in total. The molecule has 1 aliphatic heterocycles. The van der Waals surface area contributed by atoms with Crippen LogP contribution in [-0.4, -0.2) is 36.0 Å². The first-order chi connectivity index (χ1) is 7.81. The molecule has 7 heteroatoms. The van der Waals surface area contributed by atoms with Crippen molar-refractivity contribution in [2.24, 2.45) is 0 Å². The molecule has 0 radical (unpaired) electrons. The van der Waals surface area contributed by atoms with Gasteiger partial charge in [-0.05, 0) is 13.3 Å². The number of carbonyl (C=O) groups is 1. The summed E-state index contributed by atoms with van der Waals surface area (Å²) in [5, 5.41) is 8.61. The van der Waals surface area contributed by atoms with Crippen molar-refractivity contribution in [3.63, 3.8) is 0 Å². The summed E-state index contributed by atoms with van der Waals surface area (Å²) in [6, 6.07) is 0. The highest BCUT2D eigenvalue weighted by Gasteiger charge is 2.43. The standard InChI is InChI=1S/C10H13NO5S/c1-10(2-3-17(14,15)6-10)9-11-7(5-16-9)4-8(12)13/h5H,2-4,6H2,1H3,(H,12,13). The predicted molar refractivity (Wildman–Crippen MR) is 58.5 cm³/mol. The molecule has 1 atom stereocenters. The summed E-state index contributed by atoms with van der Waals surface area (Å²) in [4.78, 5) is 14.6. The van der Waals surface area contributed by atoms with Crippen molar-refractivity contribution < 1.29 is 22.7 Å². The van der Waals surface area contributed by atoms with Gasteiger partial charge < -0.3 is 9.52 Å². The molecule has 2 heterocycles. The highest BCUT2D eigenvalue weighted by molar-refractivity contribution is 7.91. The molecular weight excluding hydrogens is 246 g/mol. The summed E-state index contributed by atoms with van der Waals surface area (Å²) in [5.74, 6) is -0.545. The third-order valence-corrected chi connectivity index (χ3v) is 4.81. The van der Waals surface area contributed by atoms with Gasteiger partial charge in [-0.25, -0.2) is 13.4 Å². The van der Waals surface area contributed by atoms with Crippen molar-refractivity contribution in [3.05, 3.63) is 17.8 Å². The minimum atomic E-state index is -3.03. The Morgan fingerprint density at radius 2 is 2.35 bits per heavy atom. The zero-order valence-electron chi connectivity index (χ0n) is 9.34. The fraction of sp³-hybridized carbons (Fsp3) is 0.600. The maximum Gasteiger partial charge on any atom is 0.309 e. The lowest BCUT2D eigenvalue weighted by Gasteiger charge is -2.16. The first-order valence-corrected chi connectivity index (χ1v) is 7.00. The van der Waals surface area contributed by atoms with E-state index >= 15 is 0 Å². The van der Waals surface area contributed by atoms with Crippen molar-refractivity contribution in [2.45, 2.75) is 25.2 Å². The first kappa shape index (κ1) is 12.1. The average molecular weight is 259 g/mol. The summed E-state index contributed by atoms with van der Waals surface area (Å²) < 4.78 is 28.1. The number of hydrogen-bond donors (Lipinski definition) is 1. The topological polar surface area (TPSA) is 97.5 Å². The van der Waals surface area contributed by atoms with Gasteiger partial charge in [0.25, 0.3) is 0 Å². The van der Waals surface area contributed by atoms with Crippen molar-refractivity contribution in [3.8, 4) is 0 Å². The van der Waals surface area contributed by atoms with Crippen LogP contribution >= 0.6 is 0 Å². The third kappa shape index (κ3) is 2.49. The molecule has 0 aromatic carbocycles. The molecule has 1 aromatic rings. The van der Waals surface area contributed by atoms with Crippen LogP contribution in [0.1, 0.15) is 24.9 Å². The Morgan fingerprint density at radius 1 is 1.65 bits per heavy atom. The Hall–Kier alpha value is -1.37. The van der Waals surface area contributed by atoms with E-state index in [1.807, 2.05) is 0 Å². The van der Waals surface area contributed by atoms with Gasteiger partial charge in [0.1, 0.15) is 6.26 Å². The van der Waals surface area contributed by atoms with Gasteiger partial charge in [-0.3, -0.25) is 4.79 Å². The lowest BCUT2D eigenvalue weighted by molar-refractivity contribution is -0.136. The van der Waals surface area contributed by atoms with Crippen molar-refractivity contribution in [1.29, 1.82) is 0 Å². The van der Waals surface area contributed by atoms with Crippen molar-refractivity contribution >= 4 is 15.8 Å². The smallest absolute Gasteiger partial charge is 0.309 e. The monoisotopic (exact) mass is 259 g/mol. The summed E-state index contributed by atoms with van der Waals surface area (Å²) in [5.41, 5.74) is -0.312. The van der Waals surface area contributed by atoms with Crippen LogP contribution in [-0.2, 0) is 26.5 Å². The van der Waals surface area contributed by atoms with Crippen LogP contribution in [0.5, 0.6) is 0 Å². The lowest BCUT2D eigenvalue weighted by Crippen LogP contribution is -2.23. The van der Waals surface area contributed by atoms with Gasteiger partial charge in [0.2, 0.25) is 5.89 Å². The molecule has 94 valence electrons. The van der Waals surface area contributed by atoms with E-state index in [4.69, 9.17) is 9.52 Å². The molecule has 1 N–H and O–H groups in total. The van der Waals surface area contributed by atoms with E-state index in [9.17, 15) is 13.2 Å². The van der Waals surface area contributed by atoms with Crippen LogP contribution in [0.25, 0.3) is 0 Å². The number of sulfone groups is 1. The highest BCUT2D eigenvalue weighted by atomic mass is 32.2. The second kappa shape index (κ2) is 3.83. The summed E-state index contributed by atoms with van der Waals surface area (Å²) in [7, 11) is -3.03. The van der Waals surface area contributed by atoms with E-state index in [0.29, 0.717) is 18.0 Å². The van der Waals surface area contributed by atoms with Crippen LogP contribution in [0.3, 0.4) is 0 Å². The summed E-state index contributed by atoms with van der Waals surface area (Å²) in [6.45, 7) is 1.77. The van der Waals surface area contributed by atoms with Crippen LogP contribution < -0.4 is 0 Å². The van der Waals surface area contributed by atoms with E-state index in [1.54, 1.807) is 6.92 Å². The number of aromatic nitrogens is 1. The van der Waals surface area contributed by atoms with Gasteiger partial charge in [0.15, 0.2) is 9.84 Å². The summed E-state index contributed by atoms with van der Waals surface area (Å²) >= 11 is 0. The lowest BCUT2D eigenvalue weighted by atomic mass is 9.90. The SMILES string of the molecule is CC1(c2nc(CC(=O)O)co2)CCS(=O)(=O)C1. The second-order valence-electron chi connectivity index (χ2n) is 4.62. The van der Waals surface area contributed by atoms with E-state index in [0.717, 1.165) is 0 Å². The van der Waals surface area contributed by atoms with Gasteiger partial charge in [-0.1, -0.05) is 0 Å². The molecule has 0 spiro atoms. The normalized spacial score (nSPS) is 27.1. The molecule has 0 amide bonds. The molecule has 1 unspecified atom stereocenters. The molecule has 0 saturated carbocycles. The van der Waals surface area contributed by atoms with E-state index in [2.05, 4.69) is 4.98 Å². The molecular formula is C10H13NO5S. The molecule has 17 heavy (non-hydrogen) atoms. The molecule has 1 aromatic heterocycles. The Balaban J connectivity index is 2.23. The number of carboxylic acids is 1. The molecule has 2 rings (SSSR count). The number of oxazole rings is 1. The Labute approximate surface area is 98.6 Å². The maximum atomic E-state index is 11.4. The van der Waals surface area contributed by atoms with E-state index in [-0.39, 0.29) is 17.9 Å². The third-order valence-electron chi connectivity index (χ3n) is 2.90. The molecule has 0 aliphatic carbocycles. The second-order valence-corrected chi connectivity index (χ2v) is 6.80. The van der Waals surface area contributed by atoms with Crippen LogP contribution in [0.15, 0.2) is 10.7 Å². The zero-order chi connectivity index (χ0) is 12.7. The van der Waals surface area contributed by atoms with Crippen LogP contribution in [0, 0.1) is 0 Å². The predicted octanol–water partition coefficient (Wildman–Crippen LogP) is 0.378. The zero-order valence-corrected chi connectivity index (χ0v) is 10.2. The fourth-order valence-electron chi connectivity index (χ4n) is 2.00. The average Bonchev–Trinajstić information content (AvgIpc) is 2.71. The van der Waals surface area contributed by atoms with E-state index in [1.165, 1.54) is 6.26 Å². The van der Waals surface area contributed by atoms with Crippen LogP contribution in [0.4, 0.5) is 0 Å². The van der Waals surface area contributed by atoms with Crippen LogP contribution in [0.2, 0.25) is 0 Å². The minimum absolute atomic E-state index is 0.00697. The molecule has 1 saturated heterocycles. The Kier molecular flexibility index (Phi) is 2.73. The number of rotatable bonds is 3. The highest BCUT2D eigenvalue weighted by Crippen LogP contribution is 2.34. The minimum Gasteiger partial charge on any atom is -0.481 e. The van der Waals surface area contributed by atoms with Gasteiger partial charge in [-0.2, -0.15) is 0 Å². The van der Waals surface area contributed by atoms with E-state index < -0.39 is 21.2 Å². The van der Waals surface area contributed by atoms with Gasteiger partial charge >= 0.3 is 5.97 Å². The number of hydrogen-bond acceptors (Lipinski definition) is 5. The van der Waals surface area contributed by atoms with Gasteiger partial charge in [0, 0.05) is 0 Å². The molecule has 1 aliphatic rings. The molecule has 1 fully saturated rings. The van der Waals surface area contributed by atoms with Crippen molar-refractivity contribution in [1.82, 2.24) is 4.98 Å². The fourth-order valence-corrected chi connectivity index (χ4v) is 4.14. The summed E-state index contributed by atoms with van der Waals surface area (Å²) in [6.07, 6.45) is 1.52. The molecule has 0 bridgehead atoms. The number of aliphatic carboxylic acids is 1. The van der Waals surface area contributed by atoms with Gasteiger partial charge in [-0.15, -0.1) is 0 Å². The Morgan fingerprint density at radius 3 is 2.88 bits per heavy atom. The first-order valence-electron chi connectivity index (χ1n) is 5.18. The quantitative estimate of drug-likeness (QED) is 0.842. The number of nitrogens with zero attached hydrogens (tertiary/aromatic N) is 1. The number of carboxylic acid groups (broad SMARTS) is 1. The Bertz CT molecular complexity index is 547. The van der Waals surface area contributed by atoms with Crippen molar-refractivity contribution in [2.75, 3.05) is 11.5 Å². The largest absolute Gasteiger partial charge is 0.481 e.